The summed E-state index contributed by atoms with van der Waals surface area (Å²) in [5, 5.41) is 9.61. The van der Waals surface area contributed by atoms with Gasteiger partial charge < -0.3 is 15.5 Å². The van der Waals surface area contributed by atoms with Gasteiger partial charge in [-0.05, 0) is 44.9 Å². The number of hydrogen-bond donors (Lipinski definition) is 2. The third-order valence-electron chi connectivity index (χ3n) is 4.78. The van der Waals surface area contributed by atoms with Gasteiger partial charge >= 0.3 is 0 Å². The van der Waals surface area contributed by atoms with Crippen LogP contribution < -0.4 is 10.6 Å². The van der Waals surface area contributed by atoms with E-state index in [1.807, 2.05) is 13.8 Å². The van der Waals surface area contributed by atoms with Crippen molar-refractivity contribution in [2.24, 2.45) is 0 Å². The number of carbonyl (C=O) groups is 3. The van der Waals surface area contributed by atoms with Crippen molar-refractivity contribution in [3.8, 4) is 0 Å². The van der Waals surface area contributed by atoms with Gasteiger partial charge in [0.05, 0.1) is 0 Å². The largest absolute Gasteiger partial charge is 0.352 e. The minimum absolute atomic E-state index is 0.0368. The summed E-state index contributed by atoms with van der Waals surface area (Å²) in [7, 11) is 0. The number of aromatic nitrogens is 2. The Bertz CT molecular complexity index is 939. The number of nitrogens with one attached hydrogen (secondary N) is 2. The Labute approximate surface area is 174 Å². The highest BCUT2D eigenvalue weighted by atomic mass is 19.1. The first-order valence-electron chi connectivity index (χ1n) is 9.97. The lowest BCUT2D eigenvalue weighted by molar-refractivity contribution is -0.123. The molecule has 8 nitrogen and oxygen atoms in total. The van der Waals surface area contributed by atoms with E-state index >= 15 is 0 Å². The van der Waals surface area contributed by atoms with E-state index in [1.54, 1.807) is 24.0 Å². The number of amides is 3. The average molecular weight is 415 g/mol. The second kappa shape index (κ2) is 9.06. The lowest BCUT2D eigenvalue weighted by atomic mass is 10.2. The topological polar surface area (TPSA) is 96.3 Å². The standard InChI is InChI=1S/C21H26FN5O3/c1-13(2)23-19(28)14(3)24-20(29)17-11-18-21(30)26(9-4-10-27(18)25-17)12-15-5-7-16(22)8-6-15/h5-8,11,13-14H,4,9-10,12H2,1-3H3,(H,23,28)(H,24,29). The Balaban J connectivity index is 1.71. The Morgan fingerprint density at radius 1 is 1.13 bits per heavy atom. The van der Waals surface area contributed by atoms with Crippen LogP contribution in [0.1, 0.15) is 53.7 Å². The SMILES string of the molecule is CC(C)NC(=O)C(C)NC(=O)c1cc2n(n1)CCCN(Cc1ccc(F)cc1)C2=O. The minimum Gasteiger partial charge on any atom is -0.352 e. The summed E-state index contributed by atoms with van der Waals surface area (Å²) in [5.74, 6) is -1.37. The zero-order chi connectivity index (χ0) is 21.8. The molecule has 1 aromatic carbocycles. The van der Waals surface area contributed by atoms with E-state index in [2.05, 4.69) is 15.7 Å². The molecule has 0 bridgehead atoms. The maximum absolute atomic E-state index is 13.1. The minimum atomic E-state index is -0.730. The van der Waals surface area contributed by atoms with Crippen molar-refractivity contribution in [3.63, 3.8) is 0 Å². The Hall–Kier alpha value is -3.23. The summed E-state index contributed by atoms with van der Waals surface area (Å²) >= 11 is 0. The molecule has 1 aromatic heterocycles. The van der Waals surface area contributed by atoms with E-state index in [0.717, 1.165) is 5.56 Å². The fraction of sp³-hybridized carbons (Fsp3) is 0.429. The number of fused-ring (bicyclic) bond motifs is 1. The van der Waals surface area contributed by atoms with Gasteiger partial charge in [0.1, 0.15) is 17.6 Å². The van der Waals surface area contributed by atoms with Crippen molar-refractivity contribution < 1.29 is 18.8 Å². The highest BCUT2D eigenvalue weighted by Gasteiger charge is 2.27. The van der Waals surface area contributed by atoms with Gasteiger partial charge in [0, 0.05) is 31.7 Å². The summed E-state index contributed by atoms with van der Waals surface area (Å²) < 4.78 is 14.7. The first-order chi connectivity index (χ1) is 14.2. The van der Waals surface area contributed by atoms with Crippen LogP contribution in [0.5, 0.6) is 0 Å². The van der Waals surface area contributed by atoms with Crippen molar-refractivity contribution >= 4 is 17.7 Å². The molecule has 1 aliphatic heterocycles. The number of hydrogen-bond acceptors (Lipinski definition) is 4. The molecule has 0 radical (unpaired) electrons. The summed E-state index contributed by atoms with van der Waals surface area (Å²) in [6.07, 6.45) is 0.676. The molecule has 9 heteroatoms. The Morgan fingerprint density at radius 2 is 1.83 bits per heavy atom. The fourth-order valence-corrected chi connectivity index (χ4v) is 3.25. The maximum Gasteiger partial charge on any atom is 0.272 e. The van der Waals surface area contributed by atoms with Crippen LogP contribution in [0.25, 0.3) is 0 Å². The molecule has 0 saturated carbocycles. The van der Waals surface area contributed by atoms with E-state index in [4.69, 9.17) is 0 Å². The fourth-order valence-electron chi connectivity index (χ4n) is 3.25. The van der Waals surface area contributed by atoms with E-state index in [9.17, 15) is 18.8 Å². The van der Waals surface area contributed by atoms with E-state index < -0.39 is 11.9 Å². The molecule has 0 fully saturated rings. The monoisotopic (exact) mass is 415 g/mol. The average Bonchev–Trinajstić information content (AvgIpc) is 3.06. The third kappa shape index (κ3) is 5.03. The number of nitrogens with zero attached hydrogens (tertiary/aromatic N) is 3. The molecule has 3 amide bonds. The summed E-state index contributed by atoms with van der Waals surface area (Å²) in [4.78, 5) is 39.2. The number of carbonyl (C=O) groups excluding carboxylic acids is 3. The van der Waals surface area contributed by atoms with Gasteiger partial charge in [0.15, 0.2) is 5.69 Å². The van der Waals surface area contributed by atoms with Crippen LogP contribution in [-0.2, 0) is 17.9 Å². The van der Waals surface area contributed by atoms with E-state index in [-0.39, 0.29) is 29.4 Å². The Morgan fingerprint density at radius 3 is 2.50 bits per heavy atom. The molecule has 1 aliphatic rings. The number of rotatable bonds is 6. The van der Waals surface area contributed by atoms with Crippen molar-refractivity contribution in [2.75, 3.05) is 6.54 Å². The number of aryl methyl sites for hydroxylation is 1. The summed E-state index contributed by atoms with van der Waals surface area (Å²) in [5.41, 5.74) is 1.23. The lowest BCUT2D eigenvalue weighted by Crippen LogP contribution is -2.46. The smallest absolute Gasteiger partial charge is 0.272 e. The number of benzene rings is 1. The third-order valence-corrected chi connectivity index (χ3v) is 4.78. The maximum atomic E-state index is 13.1. The van der Waals surface area contributed by atoms with Crippen LogP contribution in [0.2, 0.25) is 0 Å². The highest BCUT2D eigenvalue weighted by Crippen LogP contribution is 2.17. The first kappa shape index (κ1) is 21.5. The van der Waals surface area contributed by atoms with Gasteiger partial charge in [-0.2, -0.15) is 5.10 Å². The van der Waals surface area contributed by atoms with Gasteiger partial charge in [-0.3, -0.25) is 19.1 Å². The molecule has 1 atom stereocenters. The molecule has 2 heterocycles. The molecular formula is C21H26FN5O3. The first-order valence-corrected chi connectivity index (χ1v) is 9.97. The van der Waals surface area contributed by atoms with Gasteiger partial charge in [-0.25, -0.2) is 4.39 Å². The molecule has 0 saturated heterocycles. The molecule has 0 aliphatic carbocycles. The van der Waals surface area contributed by atoms with Crippen LogP contribution in [0.4, 0.5) is 4.39 Å². The van der Waals surface area contributed by atoms with Crippen LogP contribution in [0.3, 0.4) is 0 Å². The summed E-state index contributed by atoms with van der Waals surface area (Å²) in [6.45, 7) is 6.64. The second-order valence-corrected chi connectivity index (χ2v) is 7.70. The van der Waals surface area contributed by atoms with Crippen LogP contribution in [0.15, 0.2) is 30.3 Å². The molecule has 0 spiro atoms. The van der Waals surface area contributed by atoms with Crippen molar-refractivity contribution in [1.29, 1.82) is 0 Å². The number of halogens is 1. The molecule has 2 aromatic rings. The van der Waals surface area contributed by atoms with Gasteiger partial charge in [0.25, 0.3) is 11.8 Å². The normalized spacial score (nSPS) is 14.8. The molecule has 160 valence electrons. The van der Waals surface area contributed by atoms with Crippen molar-refractivity contribution in [1.82, 2.24) is 25.3 Å². The quantitative estimate of drug-likeness (QED) is 0.751. The Kier molecular flexibility index (Phi) is 6.49. The molecular weight excluding hydrogens is 389 g/mol. The molecule has 2 N–H and O–H groups in total. The second-order valence-electron chi connectivity index (χ2n) is 7.70. The zero-order valence-corrected chi connectivity index (χ0v) is 17.3. The summed E-state index contributed by atoms with van der Waals surface area (Å²) in [6, 6.07) is 6.70. The zero-order valence-electron chi connectivity index (χ0n) is 17.3. The van der Waals surface area contributed by atoms with Gasteiger partial charge in [-0.15, -0.1) is 0 Å². The predicted octanol–water partition coefficient (Wildman–Crippen LogP) is 1.71. The van der Waals surface area contributed by atoms with Gasteiger partial charge in [0.2, 0.25) is 5.91 Å². The molecule has 1 unspecified atom stereocenters. The van der Waals surface area contributed by atoms with Crippen molar-refractivity contribution in [2.45, 2.75) is 52.4 Å². The van der Waals surface area contributed by atoms with Crippen LogP contribution in [0, 0.1) is 5.82 Å². The lowest BCUT2D eigenvalue weighted by Gasteiger charge is -2.20. The van der Waals surface area contributed by atoms with Crippen LogP contribution in [-0.4, -0.2) is 51.0 Å². The van der Waals surface area contributed by atoms with Crippen molar-refractivity contribution in [3.05, 3.63) is 53.1 Å². The highest BCUT2D eigenvalue weighted by molar-refractivity contribution is 5.99. The molecule has 30 heavy (non-hydrogen) atoms. The van der Waals surface area contributed by atoms with Crippen LogP contribution >= 0.6 is 0 Å². The predicted molar refractivity (Wildman–Crippen MR) is 108 cm³/mol. The van der Waals surface area contributed by atoms with E-state index in [1.165, 1.54) is 22.9 Å². The molecule has 3 rings (SSSR count). The van der Waals surface area contributed by atoms with E-state index in [0.29, 0.717) is 31.7 Å². The van der Waals surface area contributed by atoms with Gasteiger partial charge in [-0.1, -0.05) is 12.1 Å².